The van der Waals surface area contributed by atoms with E-state index in [0.29, 0.717) is 23.4 Å². The second kappa shape index (κ2) is 5.93. The topological polar surface area (TPSA) is 51.9 Å². The minimum atomic E-state index is -4.42. The summed E-state index contributed by atoms with van der Waals surface area (Å²) in [6.07, 6.45) is -4.42. The van der Waals surface area contributed by atoms with Crippen LogP contribution in [-0.4, -0.2) is 10.5 Å². The zero-order valence-corrected chi connectivity index (χ0v) is 12.3. The number of carbonyl (C=O) groups excluding carboxylic acids is 1. The van der Waals surface area contributed by atoms with Crippen molar-refractivity contribution >= 4 is 16.9 Å². The molecule has 1 amide bonds. The van der Waals surface area contributed by atoms with E-state index < -0.39 is 17.6 Å². The molecule has 0 atom stereocenters. The maximum atomic E-state index is 12.8. The highest BCUT2D eigenvalue weighted by molar-refractivity contribution is 5.78. The molecule has 8 heteroatoms. The third-order valence-electron chi connectivity index (χ3n) is 3.30. The van der Waals surface area contributed by atoms with Crippen LogP contribution in [0.5, 0.6) is 0 Å². The van der Waals surface area contributed by atoms with Crippen molar-refractivity contribution in [2.24, 2.45) is 5.73 Å². The molecule has 0 fully saturated rings. The number of primary amides is 1. The van der Waals surface area contributed by atoms with Crippen LogP contribution in [0, 0.1) is 6.92 Å². The summed E-state index contributed by atoms with van der Waals surface area (Å²) in [5.74, 6) is 0.103. The molecule has 0 aliphatic rings. The monoisotopic (exact) mass is 321 g/mol. The van der Waals surface area contributed by atoms with Gasteiger partial charge in [0.25, 0.3) is 11.7 Å². The summed E-state index contributed by atoms with van der Waals surface area (Å²) in [5, 5.41) is 0. The third-order valence-corrected chi connectivity index (χ3v) is 3.30. The zero-order valence-electron chi connectivity index (χ0n) is 11.5. The number of aryl methyl sites for hydroxylation is 1. The third kappa shape index (κ3) is 3.12. The molecule has 0 unspecified atom stereocenters. The molecule has 0 radical (unpaired) electrons. The number of hydrogen-bond acceptors (Lipinski definition) is 1. The van der Waals surface area contributed by atoms with Crippen LogP contribution in [0.25, 0.3) is 11.0 Å². The molecule has 0 saturated heterocycles. The van der Waals surface area contributed by atoms with Crippen molar-refractivity contribution in [2.75, 3.05) is 0 Å². The minimum absolute atomic E-state index is 0. The van der Waals surface area contributed by atoms with E-state index in [1.807, 2.05) is 11.5 Å². The van der Waals surface area contributed by atoms with Crippen molar-refractivity contribution in [3.8, 4) is 0 Å². The smallest absolute Gasteiger partial charge is 0.416 e. The van der Waals surface area contributed by atoms with Gasteiger partial charge in [-0.05, 0) is 19.1 Å². The lowest BCUT2D eigenvalue weighted by Crippen LogP contribution is -3.00. The van der Waals surface area contributed by atoms with Gasteiger partial charge in [-0.25, -0.2) is 9.13 Å². The van der Waals surface area contributed by atoms with Crippen molar-refractivity contribution in [3.63, 3.8) is 0 Å². The van der Waals surface area contributed by atoms with Gasteiger partial charge in [0.2, 0.25) is 0 Å². The second-order valence-corrected chi connectivity index (χ2v) is 4.55. The molecule has 0 saturated carbocycles. The van der Waals surface area contributed by atoms with E-state index in [2.05, 4.69) is 0 Å². The highest BCUT2D eigenvalue weighted by Crippen LogP contribution is 2.31. The van der Waals surface area contributed by atoms with Crippen LogP contribution in [-0.2, 0) is 24.1 Å². The van der Waals surface area contributed by atoms with Crippen molar-refractivity contribution in [1.29, 1.82) is 0 Å². The number of benzene rings is 1. The number of nitrogens with zero attached hydrogens (tertiary/aromatic N) is 2. The van der Waals surface area contributed by atoms with E-state index in [0.717, 1.165) is 12.1 Å². The van der Waals surface area contributed by atoms with Crippen molar-refractivity contribution < 1.29 is 34.9 Å². The number of imidazole rings is 1. The molecule has 116 valence electrons. The number of hydrogen-bond donors (Lipinski definition) is 1. The molecule has 1 aromatic heterocycles. The minimum Gasteiger partial charge on any atom is -1.00 e. The fourth-order valence-corrected chi connectivity index (χ4v) is 2.39. The number of fused-ring (bicyclic) bond motifs is 1. The van der Waals surface area contributed by atoms with Gasteiger partial charge in [-0.15, -0.1) is 0 Å². The Morgan fingerprint density at radius 3 is 2.48 bits per heavy atom. The Bertz CT molecular complexity index is 679. The first kappa shape index (κ1) is 17.3. The first-order valence-corrected chi connectivity index (χ1v) is 6.14. The van der Waals surface area contributed by atoms with Gasteiger partial charge in [-0.2, -0.15) is 13.2 Å². The van der Waals surface area contributed by atoms with Gasteiger partial charge in [-0.1, -0.05) is 0 Å². The Morgan fingerprint density at radius 2 is 2.00 bits per heavy atom. The number of nitrogens with two attached hydrogens (primary N) is 1. The molecular formula is C13H15ClF3N3O. The molecule has 2 aromatic rings. The summed E-state index contributed by atoms with van der Waals surface area (Å²) < 4.78 is 41.7. The van der Waals surface area contributed by atoms with E-state index in [9.17, 15) is 18.0 Å². The number of halogens is 4. The molecule has 0 aliphatic carbocycles. The van der Waals surface area contributed by atoms with E-state index in [-0.39, 0.29) is 19.0 Å². The summed E-state index contributed by atoms with van der Waals surface area (Å²) in [6.45, 7) is 4.09. The number of rotatable bonds is 3. The number of carbonyl (C=O) groups is 1. The fraction of sp³-hybridized carbons (Fsp3) is 0.385. The molecule has 1 heterocycles. The average molecular weight is 322 g/mol. The molecule has 21 heavy (non-hydrogen) atoms. The SMILES string of the molecule is CC[n+]1c(C)n(CC(N)=O)c2cc(C(F)(F)F)ccc21.[Cl-]. The second-order valence-electron chi connectivity index (χ2n) is 4.55. The molecule has 2 rings (SSSR count). The number of aromatic nitrogens is 2. The highest BCUT2D eigenvalue weighted by atomic mass is 35.5. The van der Waals surface area contributed by atoms with E-state index in [4.69, 9.17) is 5.73 Å². The van der Waals surface area contributed by atoms with Gasteiger partial charge in [0.1, 0.15) is 0 Å². The van der Waals surface area contributed by atoms with Gasteiger partial charge in [0.15, 0.2) is 17.6 Å². The Labute approximate surface area is 125 Å². The molecule has 0 spiro atoms. The average Bonchev–Trinajstić information content (AvgIpc) is 2.60. The predicted molar refractivity (Wildman–Crippen MR) is 66.7 cm³/mol. The summed E-state index contributed by atoms with van der Waals surface area (Å²) >= 11 is 0. The van der Waals surface area contributed by atoms with Crippen LogP contribution in [0.4, 0.5) is 13.2 Å². The van der Waals surface area contributed by atoms with Gasteiger partial charge in [0.05, 0.1) is 12.1 Å². The zero-order chi connectivity index (χ0) is 15.1. The van der Waals surface area contributed by atoms with E-state index in [1.54, 1.807) is 6.92 Å². The molecule has 0 bridgehead atoms. The molecule has 1 aromatic carbocycles. The van der Waals surface area contributed by atoms with E-state index >= 15 is 0 Å². The van der Waals surface area contributed by atoms with Crippen LogP contribution in [0.1, 0.15) is 18.3 Å². The Hall–Kier alpha value is -1.76. The van der Waals surface area contributed by atoms with Crippen molar-refractivity contribution in [1.82, 2.24) is 4.57 Å². The predicted octanol–water partition coefficient (Wildman–Crippen LogP) is -1.23. The van der Waals surface area contributed by atoms with Crippen LogP contribution in [0.3, 0.4) is 0 Å². The number of alkyl halides is 3. The van der Waals surface area contributed by atoms with Crippen LogP contribution in [0.15, 0.2) is 18.2 Å². The number of amides is 1. The molecular weight excluding hydrogens is 307 g/mol. The fourth-order valence-electron chi connectivity index (χ4n) is 2.39. The Morgan fingerprint density at radius 1 is 1.38 bits per heavy atom. The van der Waals surface area contributed by atoms with Gasteiger partial charge in [0, 0.05) is 13.0 Å². The summed E-state index contributed by atoms with van der Waals surface area (Å²) in [5.41, 5.74) is 5.44. The van der Waals surface area contributed by atoms with Crippen molar-refractivity contribution in [3.05, 3.63) is 29.6 Å². The van der Waals surface area contributed by atoms with Crippen molar-refractivity contribution in [2.45, 2.75) is 33.1 Å². The lowest BCUT2D eigenvalue weighted by molar-refractivity contribution is -0.674. The summed E-state index contributed by atoms with van der Waals surface area (Å²) in [6, 6.07) is 3.52. The normalized spacial score (nSPS) is 11.5. The largest absolute Gasteiger partial charge is 1.00 e. The van der Waals surface area contributed by atoms with Gasteiger partial charge >= 0.3 is 6.18 Å². The molecule has 0 aliphatic heterocycles. The highest BCUT2D eigenvalue weighted by Gasteiger charge is 2.33. The summed E-state index contributed by atoms with van der Waals surface area (Å²) in [7, 11) is 0. The Balaban J connectivity index is 0.00000220. The van der Waals surface area contributed by atoms with E-state index in [1.165, 1.54) is 10.6 Å². The standard InChI is InChI=1S/C13H14F3N3O.ClH/c1-3-18-8(2)19(7-12(17)20)11-6-9(13(14,15)16)4-5-10(11)18;/h4-6H,3,7H2,1-2H3,(H-,17,20);1H. The first-order chi connectivity index (χ1) is 9.25. The molecule has 2 N–H and O–H groups in total. The van der Waals surface area contributed by atoms with Crippen LogP contribution >= 0.6 is 0 Å². The molecule has 4 nitrogen and oxygen atoms in total. The Kier molecular flexibility index (Phi) is 4.88. The quantitative estimate of drug-likeness (QED) is 0.707. The van der Waals surface area contributed by atoms with Crippen LogP contribution in [0.2, 0.25) is 0 Å². The van der Waals surface area contributed by atoms with Gasteiger partial charge in [-0.3, -0.25) is 4.79 Å². The maximum absolute atomic E-state index is 12.8. The first-order valence-electron chi connectivity index (χ1n) is 6.14. The maximum Gasteiger partial charge on any atom is 0.416 e. The van der Waals surface area contributed by atoms with Crippen LogP contribution < -0.4 is 22.7 Å². The summed E-state index contributed by atoms with van der Waals surface area (Å²) in [4.78, 5) is 11.1. The lowest BCUT2D eigenvalue weighted by atomic mass is 10.2. The van der Waals surface area contributed by atoms with Gasteiger partial charge < -0.3 is 18.1 Å². The lowest BCUT2D eigenvalue weighted by Gasteiger charge is -2.05.